The quantitative estimate of drug-likeness (QED) is 0.879. The first kappa shape index (κ1) is 12.7. The van der Waals surface area contributed by atoms with Crippen LogP contribution in [0.1, 0.15) is 19.4 Å². The summed E-state index contributed by atoms with van der Waals surface area (Å²) >= 11 is 3.70. The van der Waals surface area contributed by atoms with Gasteiger partial charge in [-0.1, -0.05) is 30.4 Å². The molecule has 0 aliphatic rings. The molecule has 0 fully saturated rings. The van der Waals surface area contributed by atoms with Crippen LogP contribution >= 0.6 is 23.1 Å². The number of aromatic nitrogens is 1. The second-order valence-electron chi connectivity index (χ2n) is 4.15. The third-order valence-corrected chi connectivity index (χ3v) is 4.66. The monoisotopic (exact) mass is 266 g/mol. The van der Waals surface area contributed by atoms with Crippen LogP contribution in [0.5, 0.6) is 0 Å². The Hall–Kier alpha value is -0.740. The average molecular weight is 266 g/mol. The number of thiazole rings is 1. The summed E-state index contributed by atoms with van der Waals surface area (Å²) in [6.45, 7) is 6.52. The van der Waals surface area contributed by atoms with Crippen LogP contribution < -0.4 is 5.32 Å². The fourth-order valence-corrected chi connectivity index (χ4v) is 3.42. The van der Waals surface area contributed by atoms with Crippen molar-refractivity contribution in [3.63, 3.8) is 0 Å². The minimum Gasteiger partial charge on any atom is -0.358 e. The molecule has 0 aliphatic carbocycles. The highest BCUT2D eigenvalue weighted by Crippen LogP contribution is 2.28. The van der Waals surface area contributed by atoms with Gasteiger partial charge in [0.05, 0.1) is 10.2 Å². The van der Waals surface area contributed by atoms with Crippen LogP contribution in [-0.2, 0) is 0 Å². The molecule has 2 aromatic rings. The van der Waals surface area contributed by atoms with Crippen molar-refractivity contribution in [1.82, 2.24) is 4.98 Å². The number of fused-ring (bicyclic) bond motifs is 1. The Balaban J connectivity index is 2.11. The van der Waals surface area contributed by atoms with Crippen molar-refractivity contribution in [2.75, 3.05) is 16.8 Å². The van der Waals surface area contributed by atoms with Crippen molar-refractivity contribution in [1.29, 1.82) is 0 Å². The van der Waals surface area contributed by atoms with E-state index in [4.69, 9.17) is 0 Å². The summed E-state index contributed by atoms with van der Waals surface area (Å²) in [5.74, 6) is 2.30. The highest BCUT2D eigenvalue weighted by Gasteiger charge is 2.08. The van der Waals surface area contributed by atoms with Crippen molar-refractivity contribution >= 4 is 38.4 Å². The molecule has 17 heavy (non-hydrogen) atoms. The molecule has 1 aromatic carbocycles. The molecule has 4 heteroatoms. The van der Waals surface area contributed by atoms with Crippen LogP contribution in [0.3, 0.4) is 0 Å². The summed E-state index contributed by atoms with van der Waals surface area (Å²) in [6.07, 6.45) is 0. The topological polar surface area (TPSA) is 24.9 Å². The first-order valence-electron chi connectivity index (χ1n) is 5.91. The molecule has 2 rings (SSSR count). The number of hydrogen-bond acceptors (Lipinski definition) is 4. The Labute approximate surface area is 111 Å². The maximum Gasteiger partial charge on any atom is 0.184 e. The number of anilines is 1. The zero-order valence-electron chi connectivity index (χ0n) is 10.5. The summed E-state index contributed by atoms with van der Waals surface area (Å²) in [6, 6.07) is 6.82. The molecular weight excluding hydrogens is 248 g/mol. The maximum atomic E-state index is 4.66. The van der Waals surface area contributed by atoms with Crippen LogP contribution in [0.15, 0.2) is 18.2 Å². The first-order valence-corrected chi connectivity index (χ1v) is 7.88. The van der Waals surface area contributed by atoms with E-state index in [2.05, 4.69) is 49.3 Å². The zero-order chi connectivity index (χ0) is 12.3. The Morgan fingerprint density at radius 3 is 3.00 bits per heavy atom. The molecule has 1 atom stereocenters. The summed E-state index contributed by atoms with van der Waals surface area (Å²) in [4.78, 5) is 4.66. The van der Waals surface area contributed by atoms with Crippen LogP contribution in [0.2, 0.25) is 0 Å². The Morgan fingerprint density at radius 2 is 2.29 bits per heavy atom. The molecule has 0 saturated carbocycles. The fourth-order valence-electron chi connectivity index (χ4n) is 1.70. The summed E-state index contributed by atoms with van der Waals surface area (Å²) < 4.78 is 1.27. The van der Waals surface area contributed by atoms with E-state index in [1.807, 2.05) is 11.8 Å². The van der Waals surface area contributed by atoms with Gasteiger partial charge in [-0.2, -0.15) is 11.8 Å². The van der Waals surface area contributed by atoms with Gasteiger partial charge in [-0.25, -0.2) is 4.98 Å². The lowest BCUT2D eigenvalue weighted by atomic mass is 10.2. The number of benzene rings is 1. The van der Waals surface area contributed by atoms with E-state index < -0.39 is 0 Å². The summed E-state index contributed by atoms with van der Waals surface area (Å²) in [5, 5.41) is 4.52. The van der Waals surface area contributed by atoms with Gasteiger partial charge < -0.3 is 5.32 Å². The second-order valence-corrected chi connectivity index (χ2v) is 6.50. The number of rotatable bonds is 5. The van der Waals surface area contributed by atoms with Gasteiger partial charge in [-0.3, -0.25) is 0 Å². The molecule has 2 nitrogen and oxygen atoms in total. The molecule has 1 N–H and O–H groups in total. The van der Waals surface area contributed by atoms with Gasteiger partial charge in [0, 0.05) is 11.8 Å². The fraction of sp³-hybridized carbons (Fsp3) is 0.462. The number of hydrogen-bond donors (Lipinski definition) is 1. The molecule has 0 spiro atoms. The molecule has 0 bridgehead atoms. The third kappa shape index (κ3) is 3.13. The van der Waals surface area contributed by atoms with Crippen LogP contribution in [0, 0.1) is 6.92 Å². The molecule has 0 aliphatic heterocycles. The van der Waals surface area contributed by atoms with E-state index in [0.29, 0.717) is 6.04 Å². The molecular formula is C13H18N2S2. The lowest BCUT2D eigenvalue weighted by Gasteiger charge is -2.11. The number of nitrogens with zero attached hydrogens (tertiary/aromatic N) is 1. The zero-order valence-corrected chi connectivity index (χ0v) is 12.1. The van der Waals surface area contributed by atoms with Gasteiger partial charge in [-0.15, -0.1) is 0 Å². The number of nitrogens with one attached hydrogen (secondary N) is 1. The SMILES string of the molecule is CCSCC(C)Nc1nc2c(C)cccc2s1. The average Bonchev–Trinajstić information content (AvgIpc) is 2.70. The van der Waals surface area contributed by atoms with Crippen molar-refractivity contribution in [2.45, 2.75) is 26.8 Å². The van der Waals surface area contributed by atoms with E-state index in [9.17, 15) is 0 Å². The third-order valence-electron chi connectivity index (χ3n) is 2.56. The van der Waals surface area contributed by atoms with E-state index in [0.717, 1.165) is 16.4 Å². The Kier molecular flexibility index (Phi) is 4.29. The standard InChI is InChI=1S/C13H18N2S2/c1-4-16-8-10(3)14-13-15-12-9(2)6-5-7-11(12)17-13/h5-7,10H,4,8H2,1-3H3,(H,14,15). The molecule has 0 saturated heterocycles. The van der Waals surface area contributed by atoms with Gasteiger partial charge in [0.15, 0.2) is 5.13 Å². The van der Waals surface area contributed by atoms with Gasteiger partial charge in [0.2, 0.25) is 0 Å². The normalized spacial score (nSPS) is 12.9. The van der Waals surface area contributed by atoms with Gasteiger partial charge in [-0.05, 0) is 31.2 Å². The minimum absolute atomic E-state index is 0.473. The van der Waals surface area contributed by atoms with Gasteiger partial charge in [0.25, 0.3) is 0 Å². The largest absolute Gasteiger partial charge is 0.358 e. The molecule has 1 unspecified atom stereocenters. The highest BCUT2D eigenvalue weighted by atomic mass is 32.2. The van der Waals surface area contributed by atoms with E-state index >= 15 is 0 Å². The lowest BCUT2D eigenvalue weighted by Crippen LogP contribution is -2.17. The van der Waals surface area contributed by atoms with E-state index in [1.54, 1.807) is 11.3 Å². The van der Waals surface area contributed by atoms with E-state index in [-0.39, 0.29) is 0 Å². The smallest absolute Gasteiger partial charge is 0.184 e. The summed E-state index contributed by atoms with van der Waals surface area (Å²) in [5.41, 5.74) is 2.39. The van der Waals surface area contributed by atoms with Crippen LogP contribution in [-0.4, -0.2) is 22.5 Å². The first-order chi connectivity index (χ1) is 8.20. The molecule has 92 valence electrons. The molecule has 0 radical (unpaired) electrons. The van der Waals surface area contributed by atoms with Crippen LogP contribution in [0.4, 0.5) is 5.13 Å². The number of thioether (sulfide) groups is 1. The predicted molar refractivity (Wildman–Crippen MR) is 80.4 cm³/mol. The van der Waals surface area contributed by atoms with Crippen molar-refractivity contribution in [3.05, 3.63) is 23.8 Å². The number of para-hydroxylation sites is 1. The van der Waals surface area contributed by atoms with Crippen LogP contribution in [0.25, 0.3) is 10.2 Å². The predicted octanol–water partition coefficient (Wildman–Crippen LogP) is 4.16. The van der Waals surface area contributed by atoms with Crippen molar-refractivity contribution in [2.24, 2.45) is 0 Å². The Bertz CT molecular complexity index is 493. The molecule has 1 heterocycles. The maximum absolute atomic E-state index is 4.66. The Morgan fingerprint density at radius 1 is 1.47 bits per heavy atom. The van der Waals surface area contributed by atoms with Gasteiger partial charge >= 0.3 is 0 Å². The number of aryl methyl sites for hydroxylation is 1. The summed E-state index contributed by atoms with van der Waals surface area (Å²) in [7, 11) is 0. The minimum atomic E-state index is 0.473. The molecule has 1 aromatic heterocycles. The van der Waals surface area contributed by atoms with Gasteiger partial charge in [0.1, 0.15) is 0 Å². The molecule has 0 amide bonds. The lowest BCUT2D eigenvalue weighted by molar-refractivity contribution is 0.911. The highest BCUT2D eigenvalue weighted by molar-refractivity contribution is 7.99. The van der Waals surface area contributed by atoms with Crippen molar-refractivity contribution < 1.29 is 0 Å². The van der Waals surface area contributed by atoms with E-state index in [1.165, 1.54) is 16.0 Å². The van der Waals surface area contributed by atoms with Crippen molar-refractivity contribution in [3.8, 4) is 0 Å². The second kappa shape index (κ2) is 5.74.